The number of carbonyl (C=O) groups excluding carboxylic acids is 1. The third-order valence-corrected chi connectivity index (χ3v) is 5.81. The molecule has 150 valence electrons. The predicted octanol–water partition coefficient (Wildman–Crippen LogP) is 4.18. The third kappa shape index (κ3) is 4.24. The molecule has 1 aliphatic rings. The third-order valence-electron chi connectivity index (χ3n) is 4.86. The molecule has 0 spiro atoms. The Balaban J connectivity index is 1.74. The van der Waals surface area contributed by atoms with Crippen LogP contribution < -0.4 is 14.8 Å². The molecule has 1 fully saturated rings. The Morgan fingerprint density at radius 2 is 1.72 bits per heavy atom. The molecule has 0 atom stereocenters. The van der Waals surface area contributed by atoms with E-state index in [1.165, 1.54) is 0 Å². The number of nitrogens with one attached hydrogen (secondary N) is 1. The van der Waals surface area contributed by atoms with Crippen molar-refractivity contribution < 1.29 is 14.3 Å². The maximum Gasteiger partial charge on any atom is 0.272 e. The van der Waals surface area contributed by atoms with Crippen LogP contribution in [0.4, 0.5) is 11.4 Å². The number of methoxy groups -OCH3 is 2. The second-order valence-electron chi connectivity index (χ2n) is 6.70. The molecule has 0 saturated carbocycles. The molecule has 29 heavy (non-hydrogen) atoms. The van der Waals surface area contributed by atoms with Crippen LogP contribution in [0, 0.1) is 0 Å². The van der Waals surface area contributed by atoms with Crippen molar-refractivity contribution in [3.05, 3.63) is 54.2 Å². The Morgan fingerprint density at radius 1 is 1.03 bits per heavy atom. The summed E-state index contributed by atoms with van der Waals surface area (Å²) in [5, 5.41) is 4.36. The van der Waals surface area contributed by atoms with Crippen molar-refractivity contribution >= 4 is 39.9 Å². The maximum absolute atomic E-state index is 13.0. The lowest BCUT2D eigenvalue weighted by molar-refractivity contribution is 0.0767. The summed E-state index contributed by atoms with van der Waals surface area (Å²) in [6.45, 7) is 1.52. The molecule has 1 aromatic heterocycles. The van der Waals surface area contributed by atoms with Crippen LogP contribution in [0.2, 0.25) is 0 Å². The van der Waals surface area contributed by atoms with Crippen molar-refractivity contribution in [2.24, 2.45) is 0 Å². The van der Waals surface area contributed by atoms with Gasteiger partial charge in [0.25, 0.3) is 5.91 Å². The minimum absolute atomic E-state index is 0.0256. The first-order valence-corrected chi connectivity index (χ1v) is 10.6. The fourth-order valence-electron chi connectivity index (χ4n) is 3.35. The van der Waals surface area contributed by atoms with Gasteiger partial charge < -0.3 is 19.7 Å². The molecule has 4 rings (SSSR count). The van der Waals surface area contributed by atoms with Gasteiger partial charge in [0.1, 0.15) is 17.2 Å². The summed E-state index contributed by atoms with van der Waals surface area (Å²) in [6.07, 6.45) is 0. The van der Waals surface area contributed by atoms with Gasteiger partial charge in [-0.3, -0.25) is 4.79 Å². The Morgan fingerprint density at radius 3 is 2.41 bits per heavy atom. The van der Waals surface area contributed by atoms with Crippen LogP contribution in [-0.2, 0) is 0 Å². The zero-order chi connectivity index (χ0) is 20.2. The molecule has 2 heterocycles. The maximum atomic E-state index is 13.0. The number of aromatic nitrogens is 1. The van der Waals surface area contributed by atoms with E-state index in [4.69, 9.17) is 9.47 Å². The number of hydrogen-bond acceptors (Lipinski definition) is 6. The van der Waals surface area contributed by atoms with Crippen molar-refractivity contribution in [1.29, 1.82) is 0 Å². The highest BCUT2D eigenvalue weighted by Crippen LogP contribution is 2.31. The monoisotopic (exact) mass is 409 g/mol. The van der Waals surface area contributed by atoms with E-state index in [9.17, 15) is 4.79 Å². The summed E-state index contributed by atoms with van der Waals surface area (Å²) >= 11 is 1.88. The minimum atomic E-state index is -0.0256. The van der Waals surface area contributed by atoms with Crippen molar-refractivity contribution in [2.45, 2.75) is 0 Å². The van der Waals surface area contributed by atoms with Crippen LogP contribution in [0.15, 0.2) is 48.5 Å². The SMILES string of the molecule is COc1cc(Nc2cc(C(=O)N3CCSCC3)nc3ccccc23)cc(OC)c1. The van der Waals surface area contributed by atoms with Crippen LogP contribution >= 0.6 is 11.8 Å². The van der Waals surface area contributed by atoms with E-state index in [1.807, 2.05) is 65.2 Å². The zero-order valence-electron chi connectivity index (χ0n) is 16.5. The fourth-order valence-corrected chi connectivity index (χ4v) is 4.26. The highest BCUT2D eigenvalue weighted by Gasteiger charge is 2.21. The molecule has 0 aliphatic carbocycles. The van der Waals surface area contributed by atoms with E-state index >= 15 is 0 Å². The van der Waals surface area contributed by atoms with Crippen molar-refractivity contribution in [2.75, 3.05) is 44.1 Å². The van der Waals surface area contributed by atoms with Crippen molar-refractivity contribution in [3.8, 4) is 11.5 Å². The zero-order valence-corrected chi connectivity index (χ0v) is 17.3. The number of ether oxygens (including phenoxy) is 2. The average molecular weight is 410 g/mol. The first-order chi connectivity index (χ1) is 14.2. The highest BCUT2D eigenvalue weighted by atomic mass is 32.2. The van der Waals surface area contributed by atoms with Gasteiger partial charge in [0.2, 0.25) is 0 Å². The number of amides is 1. The second kappa shape index (κ2) is 8.61. The van der Waals surface area contributed by atoms with E-state index in [0.717, 1.165) is 46.9 Å². The van der Waals surface area contributed by atoms with Gasteiger partial charge in [-0.1, -0.05) is 18.2 Å². The van der Waals surface area contributed by atoms with E-state index in [2.05, 4.69) is 10.3 Å². The molecule has 7 heteroatoms. The topological polar surface area (TPSA) is 63.7 Å². The first-order valence-electron chi connectivity index (χ1n) is 9.45. The van der Waals surface area contributed by atoms with E-state index < -0.39 is 0 Å². The number of anilines is 2. The van der Waals surface area contributed by atoms with Crippen LogP contribution in [0.5, 0.6) is 11.5 Å². The molecule has 0 unspecified atom stereocenters. The average Bonchev–Trinajstić information content (AvgIpc) is 2.78. The number of benzene rings is 2. The molecule has 1 saturated heterocycles. The Kier molecular flexibility index (Phi) is 5.76. The highest BCUT2D eigenvalue weighted by molar-refractivity contribution is 7.99. The molecule has 1 amide bonds. The lowest BCUT2D eigenvalue weighted by Crippen LogP contribution is -2.38. The van der Waals surface area contributed by atoms with Gasteiger partial charge in [-0.2, -0.15) is 11.8 Å². The molecule has 6 nitrogen and oxygen atoms in total. The number of thioether (sulfide) groups is 1. The van der Waals surface area contributed by atoms with Crippen LogP contribution in [-0.4, -0.2) is 54.6 Å². The lowest BCUT2D eigenvalue weighted by atomic mass is 10.1. The van der Waals surface area contributed by atoms with Crippen LogP contribution in [0.3, 0.4) is 0 Å². The Hall–Kier alpha value is -2.93. The van der Waals surface area contributed by atoms with Gasteiger partial charge in [-0.15, -0.1) is 0 Å². The number of para-hydroxylation sites is 1. The number of carbonyl (C=O) groups is 1. The number of pyridine rings is 1. The second-order valence-corrected chi connectivity index (χ2v) is 7.93. The fraction of sp³-hybridized carbons (Fsp3) is 0.273. The first kappa shape index (κ1) is 19.4. The van der Waals surface area contributed by atoms with Crippen molar-refractivity contribution in [1.82, 2.24) is 9.88 Å². The summed E-state index contributed by atoms with van der Waals surface area (Å²) in [5.74, 6) is 3.28. The van der Waals surface area contributed by atoms with E-state index in [-0.39, 0.29) is 5.91 Å². The largest absolute Gasteiger partial charge is 0.497 e. The molecule has 2 aromatic carbocycles. The Labute approximate surface area is 174 Å². The van der Waals surface area contributed by atoms with Gasteiger partial charge in [-0.05, 0) is 12.1 Å². The Bertz CT molecular complexity index is 1010. The summed E-state index contributed by atoms with van der Waals surface area (Å²) < 4.78 is 10.7. The minimum Gasteiger partial charge on any atom is -0.497 e. The molecular weight excluding hydrogens is 386 g/mol. The van der Waals surface area contributed by atoms with Gasteiger partial charge in [0.15, 0.2) is 0 Å². The van der Waals surface area contributed by atoms with Gasteiger partial charge >= 0.3 is 0 Å². The van der Waals surface area contributed by atoms with Gasteiger partial charge in [-0.25, -0.2) is 4.98 Å². The van der Waals surface area contributed by atoms with Crippen LogP contribution in [0.25, 0.3) is 10.9 Å². The normalized spacial score (nSPS) is 13.9. The van der Waals surface area contributed by atoms with Crippen molar-refractivity contribution in [3.63, 3.8) is 0 Å². The van der Waals surface area contributed by atoms with Gasteiger partial charge in [0, 0.05) is 53.9 Å². The summed E-state index contributed by atoms with van der Waals surface area (Å²) in [6, 6.07) is 15.2. The number of rotatable bonds is 5. The molecule has 3 aromatic rings. The summed E-state index contributed by atoms with van der Waals surface area (Å²) in [7, 11) is 3.24. The lowest BCUT2D eigenvalue weighted by Gasteiger charge is -2.26. The smallest absolute Gasteiger partial charge is 0.272 e. The van der Waals surface area contributed by atoms with Gasteiger partial charge in [0.05, 0.1) is 25.4 Å². The summed E-state index contributed by atoms with van der Waals surface area (Å²) in [4.78, 5) is 19.5. The number of hydrogen-bond donors (Lipinski definition) is 1. The standard InChI is InChI=1S/C22H23N3O3S/c1-27-16-11-15(12-17(13-16)28-2)23-20-14-21(22(26)25-7-9-29-10-8-25)24-19-6-4-3-5-18(19)20/h3-6,11-14H,7-10H2,1-2H3,(H,23,24). The van der Waals surface area contributed by atoms with E-state index in [1.54, 1.807) is 14.2 Å². The number of fused-ring (bicyclic) bond motifs is 1. The predicted molar refractivity (Wildman–Crippen MR) is 118 cm³/mol. The van der Waals surface area contributed by atoms with Crippen LogP contribution in [0.1, 0.15) is 10.5 Å². The van der Waals surface area contributed by atoms with E-state index in [0.29, 0.717) is 17.2 Å². The molecule has 0 radical (unpaired) electrons. The molecule has 1 N–H and O–H groups in total. The quantitative estimate of drug-likeness (QED) is 0.682. The molecular formula is C22H23N3O3S. The summed E-state index contributed by atoms with van der Waals surface area (Å²) in [5.41, 5.74) is 2.86. The molecule has 1 aliphatic heterocycles. The molecule has 0 bridgehead atoms. The number of nitrogens with zero attached hydrogens (tertiary/aromatic N) is 2.